The van der Waals surface area contributed by atoms with E-state index in [0.717, 1.165) is 12.1 Å². The molecule has 0 spiro atoms. The predicted octanol–water partition coefficient (Wildman–Crippen LogP) is 1.04. The summed E-state index contributed by atoms with van der Waals surface area (Å²) in [7, 11) is 0. The highest BCUT2D eigenvalue weighted by molar-refractivity contribution is 5.75. The second kappa shape index (κ2) is 5.80. The molecule has 1 heterocycles. The van der Waals surface area contributed by atoms with Gasteiger partial charge in [-0.25, -0.2) is 4.68 Å². The largest absolute Gasteiger partial charge is 0.354 e. The van der Waals surface area contributed by atoms with Crippen LogP contribution in [0.15, 0.2) is 16.9 Å². The van der Waals surface area contributed by atoms with Gasteiger partial charge < -0.3 is 5.32 Å². The van der Waals surface area contributed by atoms with Gasteiger partial charge in [-0.1, -0.05) is 6.92 Å². The summed E-state index contributed by atoms with van der Waals surface area (Å²) >= 11 is 0. The summed E-state index contributed by atoms with van der Waals surface area (Å²) in [6.07, 6.45) is 3.70. The predicted molar refractivity (Wildman–Crippen MR) is 68.4 cm³/mol. The molecule has 1 aliphatic carbocycles. The summed E-state index contributed by atoms with van der Waals surface area (Å²) in [6, 6.07) is 3.38. The fraction of sp³-hybridized carbons (Fsp3) is 0.615. The Hall–Kier alpha value is -1.65. The molecule has 1 saturated carbocycles. The van der Waals surface area contributed by atoms with Crippen LogP contribution in [-0.2, 0) is 11.3 Å². The van der Waals surface area contributed by atoms with E-state index in [4.69, 9.17) is 0 Å². The van der Waals surface area contributed by atoms with Gasteiger partial charge in [0.25, 0.3) is 5.56 Å². The summed E-state index contributed by atoms with van der Waals surface area (Å²) in [4.78, 5) is 22.9. The molecular weight excluding hydrogens is 230 g/mol. The monoisotopic (exact) mass is 249 g/mol. The topological polar surface area (TPSA) is 64.0 Å². The number of aromatic nitrogens is 2. The third kappa shape index (κ3) is 3.42. The van der Waals surface area contributed by atoms with E-state index < -0.39 is 0 Å². The Kier molecular flexibility index (Phi) is 4.12. The molecule has 5 nitrogen and oxygen atoms in total. The molecule has 98 valence electrons. The first-order valence-corrected chi connectivity index (χ1v) is 6.55. The molecule has 18 heavy (non-hydrogen) atoms. The van der Waals surface area contributed by atoms with Crippen LogP contribution in [0, 0.1) is 0 Å². The normalized spacial score (nSPS) is 14.5. The van der Waals surface area contributed by atoms with Gasteiger partial charge in [0.2, 0.25) is 5.91 Å². The molecule has 0 radical (unpaired) electrons. The third-order valence-electron chi connectivity index (χ3n) is 3.01. The average Bonchev–Trinajstić information content (AvgIpc) is 3.16. The molecular formula is C13H19N3O2. The maximum atomic E-state index is 11.6. The van der Waals surface area contributed by atoms with Crippen molar-refractivity contribution in [1.82, 2.24) is 15.1 Å². The second-order valence-electron chi connectivity index (χ2n) is 4.69. The molecule has 0 saturated heterocycles. The highest BCUT2D eigenvalue weighted by Gasteiger charge is 2.25. The van der Waals surface area contributed by atoms with Crippen molar-refractivity contribution in [2.24, 2.45) is 0 Å². The van der Waals surface area contributed by atoms with Gasteiger partial charge in [-0.15, -0.1) is 0 Å². The zero-order chi connectivity index (χ0) is 13.0. The molecule has 0 aromatic carbocycles. The van der Waals surface area contributed by atoms with Crippen LogP contribution in [0.4, 0.5) is 0 Å². The second-order valence-corrected chi connectivity index (χ2v) is 4.69. The molecule has 2 rings (SSSR count). The van der Waals surface area contributed by atoms with Gasteiger partial charge in [0.05, 0.1) is 12.2 Å². The summed E-state index contributed by atoms with van der Waals surface area (Å²) < 4.78 is 1.44. The van der Waals surface area contributed by atoms with Crippen LogP contribution in [0.2, 0.25) is 0 Å². The highest BCUT2D eigenvalue weighted by atomic mass is 16.1. The standard InChI is InChI=1S/C13H19N3O2/c1-2-3-12(17)14-8-9-16-13(18)7-6-11(15-16)10-4-5-10/h6-7,10H,2-5,8-9H2,1H3,(H,14,17). The van der Waals surface area contributed by atoms with Gasteiger partial charge in [0, 0.05) is 24.9 Å². The van der Waals surface area contributed by atoms with Crippen LogP contribution in [0.3, 0.4) is 0 Å². The van der Waals surface area contributed by atoms with Crippen molar-refractivity contribution >= 4 is 5.91 Å². The van der Waals surface area contributed by atoms with Gasteiger partial charge in [-0.05, 0) is 25.3 Å². The molecule has 0 aliphatic heterocycles. The fourth-order valence-corrected chi connectivity index (χ4v) is 1.84. The van der Waals surface area contributed by atoms with Crippen molar-refractivity contribution in [3.8, 4) is 0 Å². The van der Waals surface area contributed by atoms with Crippen LogP contribution in [0.1, 0.15) is 44.2 Å². The maximum Gasteiger partial charge on any atom is 0.266 e. The lowest BCUT2D eigenvalue weighted by molar-refractivity contribution is -0.121. The first-order valence-electron chi connectivity index (χ1n) is 6.55. The first kappa shape index (κ1) is 12.8. The SMILES string of the molecule is CCCC(=O)NCCn1nc(C2CC2)ccc1=O. The molecule has 5 heteroatoms. The first-order chi connectivity index (χ1) is 8.70. The fourth-order valence-electron chi connectivity index (χ4n) is 1.84. The van der Waals surface area contributed by atoms with Crippen molar-refractivity contribution in [2.75, 3.05) is 6.54 Å². The van der Waals surface area contributed by atoms with Crippen molar-refractivity contribution in [3.63, 3.8) is 0 Å². The Balaban J connectivity index is 1.90. The number of rotatable bonds is 6. The van der Waals surface area contributed by atoms with Crippen molar-refractivity contribution in [1.29, 1.82) is 0 Å². The van der Waals surface area contributed by atoms with Gasteiger partial charge in [-0.3, -0.25) is 9.59 Å². The number of hydrogen-bond donors (Lipinski definition) is 1. The van der Waals surface area contributed by atoms with E-state index in [1.54, 1.807) is 6.07 Å². The van der Waals surface area contributed by atoms with E-state index in [1.807, 2.05) is 13.0 Å². The van der Waals surface area contributed by atoms with Crippen LogP contribution >= 0.6 is 0 Å². The Morgan fingerprint density at radius 2 is 2.28 bits per heavy atom. The molecule has 1 amide bonds. The van der Waals surface area contributed by atoms with E-state index in [9.17, 15) is 9.59 Å². The van der Waals surface area contributed by atoms with Gasteiger partial charge in [0.1, 0.15) is 0 Å². The highest BCUT2D eigenvalue weighted by Crippen LogP contribution is 2.38. The van der Waals surface area contributed by atoms with Crippen LogP contribution < -0.4 is 10.9 Å². The Morgan fingerprint density at radius 3 is 2.94 bits per heavy atom. The minimum Gasteiger partial charge on any atom is -0.354 e. The average molecular weight is 249 g/mol. The quantitative estimate of drug-likeness (QED) is 0.819. The summed E-state index contributed by atoms with van der Waals surface area (Å²) in [5.74, 6) is 0.565. The lowest BCUT2D eigenvalue weighted by atomic mass is 10.3. The lowest BCUT2D eigenvalue weighted by Gasteiger charge is -2.07. The molecule has 1 fully saturated rings. The van der Waals surface area contributed by atoms with E-state index in [1.165, 1.54) is 17.5 Å². The van der Waals surface area contributed by atoms with E-state index in [2.05, 4.69) is 10.4 Å². The summed E-state index contributed by atoms with van der Waals surface area (Å²) in [6.45, 7) is 2.86. The molecule has 1 aromatic rings. The van der Waals surface area contributed by atoms with E-state index >= 15 is 0 Å². The zero-order valence-electron chi connectivity index (χ0n) is 10.7. The number of nitrogens with zero attached hydrogens (tertiary/aromatic N) is 2. The molecule has 0 bridgehead atoms. The molecule has 1 N–H and O–H groups in total. The molecule has 0 atom stereocenters. The molecule has 0 unspecified atom stereocenters. The van der Waals surface area contributed by atoms with Crippen molar-refractivity contribution < 1.29 is 4.79 Å². The van der Waals surface area contributed by atoms with Crippen molar-refractivity contribution in [2.45, 2.75) is 45.1 Å². The molecule has 1 aliphatic rings. The van der Waals surface area contributed by atoms with Crippen molar-refractivity contribution in [3.05, 3.63) is 28.2 Å². The Labute approximate surface area is 106 Å². The smallest absolute Gasteiger partial charge is 0.266 e. The summed E-state index contributed by atoms with van der Waals surface area (Å²) in [5, 5.41) is 7.11. The minimum atomic E-state index is -0.107. The van der Waals surface area contributed by atoms with Gasteiger partial charge in [-0.2, -0.15) is 5.10 Å². The molecule has 1 aromatic heterocycles. The van der Waals surface area contributed by atoms with Crippen LogP contribution in [0.5, 0.6) is 0 Å². The van der Waals surface area contributed by atoms with Crippen LogP contribution in [-0.4, -0.2) is 22.2 Å². The number of carbonyl (C=O) groups excluding carboxylic acids is 1. The van der Waals surface area contributed by atoms with E-state index in [-0.39, 0.29) is 11.5 Å². The zero-order valence-corrected chi connectivity index (χ0v) is 10.7. The van der Waals surface area contributed by atoms with Crippen LogP contribution in [0.25, 0.3) is 0 Å². The summed E-state index contributed by atoms with van der Waals surface area (Å²) in [5.41, 5.74) is 0.888. The number of nitrogens with one attached hydrogen (secondary N) is 1. The Morgan fingerprint density at radius 1 is 1.50 bits per heavy atom. The maximum absolute atomic E-state index is 11.6. The Bertz CT molecular complexity index is 477. The number of hydrogen-bond acceptors (Lipinski definition) is 3. The number of carbonyl (C=O) groups is 1. The van der Waals surface area contributed by atoms with Gasteiger partial charge in [0.15, 0.2) is 0 Å². The minimum absolute atomic E-state index is 0.0314. The number of amides is 1. The lowest BCUT2D eigenvalue weighted by Crippen LogP contribution is -2.31. The van der Waals surface area contributed by atoms with Gasteiger partial charge >= 0.3 is 0 Å². The van der Waals surface area contributed by atoms with E-state index in [0.29, 0.717) is 25.4 Å². The third-order valence-corrected chi connectivity index (χ3v) is 3.01.